The summed E-state index contributed by atoms with van der Waals surface area (Å²) >= 11 is 9.91. The number of benzene rings is 2. The molecule has 2 aromatic carbocycles. The maximum absolute atomic E-state index is 6.14. The van der Waals surface area contributed by atoms with Crippen LogP contribution in [0.25, 0.3) is 16.9 Å². The van der Waals surface area contributed by atoms with Crippen LogP contribution < -0.4 is 0 Å². The Hall–Kier alpha value is -2.17. The van der Waals surface area contributed by atoms with E-state index in [0.29, 0.717) is 5.95 Å². The lowest BCUT2D eigenvalue weighted by atomic mass is 10.1. The van der Waals surface area contributed by atoms with Gasteiger partial charge >= 0.3 is 0 Å². The average Bonchev–Trinajstić information content (AvgIpc) is 2.88. The summed E-state index contributed by atoms with van der Waals surface area (Å²) in [6.07, 6.45) is 4.25. The predicted molar refractivity (Wildman–Crippen MR) is 101 cm³/mol. The SMILES string of the molecule is Clc1cccc(Cc2c(Br)c3ccccc3n2-c2ncccn2)c1. The summed E-state index contributed by atoms with van der Waals surface area (Å²) in [5.74, 6) is 0.663. The second-order valence-corrected chi connectivity index (χ2v) is 6.70. The summed E-state index contributed by atoms with van der Waals surface area (Å²) < 4.78 is 3.16. The molecule has 4 rings (SSSR count). The second kappa shape index (κ2) is 6.38. The Morgan fingerprint density at radius 2 is 1.75 bits per heavy atom. The molecule has 2 heterocycles. The standard InChI is InChI=1S/C19H13BrClN3/c20-18-15-7-1-2-8-16(15)24(19-22-9-4-10-23-19)17(18)12-13-5-3-6-14(21)11-13/h1-11H,12H2. The lowest BCUT2D eigenvalue weighted by Crippen LogP contribution is -2.05. The lowest BCUT2D eigenvalue weighted by Gasteiger charge is -2.09. The van der Waals surface area contributed by atoms with Crippen LogP contribution in [0.2, 0.25) is 5.02 Å². The molecule has 24 heavy (non-hydrogen) atoms. The van der Waals surface area contributed by atoms with Gasteiger partial charge in [0.15, 0.2) is 0 Å². The minimum atomic E-state index is 0.663. The number of aromatic nitrogens is 3. The molecule has 0 aliphatic carbocycles. The normalized spacial score (nSPS) is 11.1. The third-order valence-electron chi connectivity index (χ3n) is 3.92. The summed E-state index contributed by atoms with van der Waals surface area (Å²) in [5, 5.41) is 1.88. The van der Waals surface area contributed by atoms with Crippen LogP contribution >= 0.6 is 27.5 Å². The Kier molecular flexibility index (Phi) is 4.08. The van der Waals surface area contributed by atoms with Crippen molar-refractivity contribution in [3.05, 3.63) is 87.7 Å². The molecule has 0 spiro atoms. The summed E-state index contributed by atoms with van der Waals surface area (Å²) in [6.45, 7) is 0. The van der Waals surface area contributed by atoms with Crippen molar-refractivity contribution >= 4 is 38.4 Å². The molecular weight excluding hydrogens is 386 g/mol. The molecule has 4 aromatic rings. The van der Waals surface area contributed by atoms with Gasteiger partial charge in [-0.25, -0.2) is 9.97 Å². The van der Waals surface area contributed by atoms with E-state index in [0.717, 1.165) is 38.1 Å². The van der Waals surface area contributed by atoms with Gasteiger partial charge in [-0.2, -0.15) is 0 Å². The van der Waals surface area contributed by atoms with E-state index in [9.17, 15) is 0 Å². The fourth-order valence-corrected chi connectivity index (χ4v) is 3.75. The van der Waals surface area contributed by atoms with Crippen molar-refractivity contribution in [2.24, 2.45) is 0 Å². The molecule has 0 bridgehead atoms. The van der Waals surface area contributed by atoms with E-state index in [1.807, 2.05) is 36.4 Å². The molecule has 0 unspecified atom stereocenters. The van der Waals surface area contributed by atoms with Crippen LogP contribution in [-0.2, 0) is 6.42 Å². The smallest absolute Gasteiger partial charge is 0.234 e. The average molecular weight is 399 g/mol. The van der Waals surface area contributed by atoms with Crippen molar-refractivity contribution in [3.8, 4) is 5.95 Å². The van der Waals surface area contributed by atoms with E-state index in [-0.39, 0.29) is 0 Å². The fraction of sp³-hybridized carbons (Fsp3) is 0.0526. The predicted octanol–water partition coefficient (Wildman–Crippen LogP) is 5.43. The Morgan fingerprint density at radius 1 is 0.958 bits per heavy atom. The van der Waals surface area contributed by atoms with E-state index < -0.39 is 0 Å². The number of halogens is 2. The maximum atomic E-state index is 6.14. The minimum absolute atomic E-state index is 0.663. The van der Waals surface area contributed by atoms with E-state index >= 15 is 0 Å². The fourth-order valence-electron chi connectivity index (χ4n) is 2.89. The van der Waals surface area contributed by atoms with Gasteiger partial charge in [0, 0.05) is 39.4 Å². The Labute approximate surface area is 153 Å². The Bertz CT molecular complexity index is 1010. The molecule has 0 aliphatic heterocycles. The first-order valence-corrected chi connectivity index (χ1v) is 8.71. The topological polar surface area (TPSA) is 30.7 Å². The van der Waals surface area contributed by atoms with Gasteiger partial charge in [0.25, 0.3) is 0 Å². The van der Waals surface area contributed by atoms with E-state index in [1.165, 1.54) is 0 Å². The van der Waals surface area contributed by atoms with Crippen LogP contribution in [0.3, 0.4) is 0 Å². The molecule has 0 amide bonds. The van der Waals surface area contributed by atoms with Gasteiger partial charge in [0.05, 0.1) is 5.52 Å². The first-order valence-electron chi connectivity index (χ1n) is 7.53. The van der Waals surface area contributed by atoms with Gasteiger partial charge < -0.3 is 0 Å². The molecule has 0 fully saturated rings. The van der Waals surface area contributed by atoms with Crippen molar-refractivity contribution < 1.29 is 0 Å². The zero-order valence-corrected chi connectivity index (χ0v) is 15.0. The lowest BCUT2D eigenvalue weighted by molar-refractivity contribution is 0.895. The van der Waals surface area contributed by atoms with Gasteiger partial charge in [0.2, 0.25) is 5.95 Å². The number of fused-ring (bicyclic) bond motifs is 1. The molecule has 0 atom stereocenters. The highest BCUT2D eigenvalue weighted by molar-refractivity contribution is 9.10. The van der Waals surface area contributed by atoms with E-state index in [4.69, 9.17) is 11.6 Å². The van der Waals surface area contributed by atoms with Crippen molar-refractivity contribution in [2.45, 2.75) is 6.42 Å². The maximum Gasteiger partial charge on any atom is 0.234 e. The molecular formula is C19H13BrClN3. The highest BCUT2D eigenvalue weighted by Gasteiger charge is 2.18. The van der Waals surface area contributed by atoms with Crippen LogP contribution in [-0.4, -0.2) is 14.5 Å². The van der Waals surface area contributed by atoms with Crippen LogP contribution in [0.15, 0.2) is 71.5 Å². The molecule has 0 radical (unpaired) electrons. The van der Waals surface area contributed by atoms with Crippen molar-refractivity contribution in [3.63, 3.8) is 0 Å². The highest BCUT2D eigenvalue weighted by Crippen LogP contribution is 2.34. The second-order valence-electron chi connectivity index (χ2n) is 5.47. The van der Waals surface area contributed by atoms with Crippen LogP contribution in [0.4, 0.5) is 0 Å². The molecule has 3 nitrogen and oxygen atoms in total. The highest BCUT2D eigenvalue weighted by atomic mass is 79.9. The molecule has 5 heteroatoms. The number of hydrogen-bond acceptors (Lipinski definition) is 2. The Morgan fingerprint density at radius 3 is 2.54 bits per heavy atom. The van der Waals surface area contributed by atoms with Gasteiger partial charge in [-0.15, -0.1) is 0 Å². The monoisotopic (exact) mass is 397 g/mol. The van der Waals surface area contributed by atoms with E-state index in [2.05, 4.69) is 48.7 Å². The third kappa shape index (κ3) is 2.72. The summed E-state index contributed by atoms with van der Waals surface area (Å²) in [5.41, 5.74) is 3.32. The summed E-state index contributed by atoms with van der Waals surface area (Å²) in [7, 11) is 0. The summed E-state index contributed by atoms with van der Waals surface area (Å²) in [6, 6.07) is 18.0. The van der Waals surface area contributed by atoms with Gasteiger partial charge in [-0.3, -0.25) is 4.57 Å². The van der Waals surface area contributed by atoms with E-state index in [1.54, 1.807) is 12.4 Å². The van der Waals surface area contributed by atoms with Gasteiger partial charge in [-0.05, 0) is 45.8 Å². The molecule has 0 aliphatic rings. The zero-order valence-electron chi connectivity index (χ0n) is 12.7. The largest absolute Gasteiger partial charge is 0.281 e. The van der Waals surface area contributed by atoms with Crippen molar-refractivity contribution in [2.75, 3.05) is 0 Å². The van der Waals surface area contributed by atoms with Crippen molar-refractivity contribution in [1.82, 2.24) is 14.5 Å². The molecule has 2 aromatic heterocycles. The summed E-state index contributed by atoms with van der Waals surface area (Å²) in [4.78, 5) is 8.87. The molecule has 0 N–H and O–H groups in total. The molecule has 118 valence electrons. The van der Waals surface area contributed by atoms with Crippen LogP contribution in [0.1, 0.15) is 11.3 Å². The Balaban J connectivity index is 1.95. The first-order chi connectivity index (χ1) is 11.7. The number of rotatable bonds is 3. The number of nitrogens with zero attached hydrogens (tertiary/aromatic N) is 3. The molecule has 0 saturated heterocycles. The number of para-hydroxylation sites is 1. The third-order valence-corrected chi connectivity index (χ3v) is 5.04. The van der Waals surface area contributed by atoms with Gasteiger partial charge in [-0.1, -0.05) is 41.9 Å². The zero-order chi connectivity index (χ0) is 16.5. The molecule has 0 saturated carbocycles. The minimum Gasteiger partial charge on any atom is -0.281 e. The van der Waals surface area contributed by atoms with Crippen LogP contribution in [0.5, 0.6) is 0 Å². The first kappa shape index (κ1) is 15.4. The quantitative estimate of drug-likeness (QED) is 0.461. The van der Waals surface area contributed by atoms with Gasteiger partial charge in [0.1, 0.15) is 0 Å². The number of hydrogen-bond donors (Lipinski definition) is 0. The van der Waals surface area contributed by atoms with Crippen molar-refractivity contribution in [1.29, 1.82) is 0 Å². The van der Waals surface area contributed by atoms with Crippen LogP contribution in [0, 0.1) is 0 Å².